The van der Waals surface area contributed by atoms with Gasteiger partial charge >= 0.3 is 11.9 Å². The van der Waals surface area contributed by atoms with Crippen molar-refractivity contribution in [2.75, 3.05) is 6.61 Å². The number of unbranched alkanes of at least 4 members (excludes halogenated alkanes) is 2. The third kappa shape index (κ3) is 7.01. The van der Waals surface area contributed by atoms with Crippen molar-refractivity contribution in [3.63, 3.8) is 0 Å². The topological polar surface area (TPSA) is 93.1 Å². The number of hydrogen-bond acceptors (Lipinski definition) is 4. The number of ether oxygens (including phenoxy) is 2. The molecule has 0 fully saturated rings. The van der Waals surface area contributed by atoms with Crippen molar-refractivity contribution in [2.24, 2.45) is 0 Å². The van der Waals surface area contributed by atoms with Gasteiger partial charge in [0.2, 0.25) is 0 Å². The third-order valence-corrected chi connectivity index (χ3v) is 4.06. The summed E-state index contributed by atoms with van der Waals surface area (Å²) in [6.45, 7) is 2.57. The molecule has 6 heteroatoms. The average Bonchev–Trinajstić information content (AvgIpc) is 2.65. The van der Waals surface area contributed by atoms with E-state index in [0.717, 1.165) is 25.7 Å². The lowest BCUT2D eigenvalue weighted by molar-refractivity contribution is 0.0686. The van der Waals surface area contributed by atoms with Crippen LogP contribution in [0.4, 0.5) is 0 Å². The minimum Gasteiger partial charge on any atom is -0.494 e. The molecule has 2 aromatic rings. The Kier molecular flexibility index (Phi) is 7.67. The molecule has 0 bridgehead atoms. The summed E-state index contributed by atoms with van der Waals surface area (Å²) in [6.07, 6.45) is 3.84. The predicted molar refractivity (Wildman–Crippen MR) is 101 cm³/mol. The van der Waals surface area contributed by atoms with Crippen molar-refractivity contribution in [3.05, 3.63) is 59.7 Å². The standard InChI is InChI=1S/C21H24O6/c1-15(27-19-12-8-17(9-13-19)21(24)25)5-3-2-4-14-26-18-10-6-16(7-11-18)20(22)23/h6-13,15H,2-5,14H2,1H3,(H,22,23)(H,24,25). The minimum atomic E-state index is -0.949. The van der Waals surface area contributed by atoms with Crippen LogP contribution in [0.5, 0.6) is 11.5 Å². The van der Waals surface area contributed by atoms with Crippen LogP contribution in [0.1, 0.15) is 53.3 Å². The normalized spacial score (nSPS) is 11.6. The van der Waals surface area contributed by atoms with Crippen molar-refractivity contribution in [1.29, 1.82) is 0 Å². The number of carboxylic acid groups (broad SMARTS) is 2. The van der Waals surface area contributed by atoms with Crippen LogP contribution in [-0.4, -0.2) is 34.9 Å². The van der Waals surface area contributed by atoms with Gasteiger partial charge in [0.15, 0.2) is 0 Å². The Bertz CT molecular complexity index is 736. The van der Waals surface area contributed by atoms with Crippen LogP contribution in [0.3, 0.4) is 0 Å². The number of benzene rings is 2. The van der Waals surface area contributed by atoms with E-state index in [0.29, 0.717) is 18.1 Å². The first kappa shape index (κ1) is 20.3. The van der Waals surface area contributed by atoms with Crippen LogP contribution >= 0.6 is 0 Å². The van der Waals surface area contributed by atoms with Gasteiger partial charge in [0.1, 0.15) is 11.5 Å². The largest absolute Gasteiger partial charge is 0.494 e. The van der Waals surface area contributed by atoms with Gasteiger partial charge in [-0.25, -0.2) is 9.59 Å². The molecule has 0 aliphatic heterocycles. The zero-order valence-electron chi connectivity index (χ0n) is 15.3. The van der Waals surface area contributed by atoms with E-state index in [1.165, 1.54) is 24.3 Å². The van der Waals surface area contributed by atoms with E-state index in [1.54, 1.807) is 24.3 Å². The maximum absolute atomic E-state index is 10.8. The maximum Gasteiger partial charge on any atom is 0.335 e. The van der Waals surface area contributed by atoms with Gasteiger partial charge in [-0.1, -0.05) is 0 Å². The van der Waals surface area contributed by atoms with E-state index < -0.39 is 11.9 Å². The highest BCUT2D eigenvalue weighted by Gasteiger charge is 2.06. The Morgan fingerprint density at radius 2 is 1.33 bits per heavy atom. The molecule has 144 valence electrons. The van der Waals surface area contributed by atoms with Gasteiger partial charge < -0.3 is 19.7 Å². The van der Waals surface area contributed by atoms with Crippen molar-refractivity contribution in [1.82, 2.24) is 0 Å². The molecule has 1 atom stereocenters. The summed E-state index contributed by atoms with van der Waals surface area (Å²) in [5.74, 6) is -0.562. The fourth-order valence-electron chi connectivity index (χ4n) is 2.56. The Labute approximate surface area is 158 Å². The smallest absolute Gasteiger partial charge is 0.335 e. The summed E-state index contributed by atoms with van der Waals surface area (Å²) in [5, 5.41) is 17.7. The molecule has 27 heavy (non-hydrogen) atoms. The van der Waals surface area contributed by atoms with Crippen LogP contribution in [0.2, 0.25) is 0 Å². The third-order valence-electron chi connectivity index (χ3n) is 4.06. The van der Waals surface area contributed by atoms with E-state index >= 15 is 0 Å². The summed E-state index contributed by atoms with van der Waals surface area (Å²) in [6, 6.07) is 12.8. The highest BCUT2D eigenvalue weighted by molar-refractivity contribution is 5.88. The molecule has 1 unspecified atom stereocenters. The molecule has 0 amide bonds. The van der Waals surface area contributed by atoms with Crippen LogP contribution in [0.25, 0.3) is 0 Å². The van der Waals surface area contributed by atoms with Gasteiger partial charge in [-0.15, -0.1) is 0 Å². The van der Waals surface area contributed by atoms with Crippen molar-refractivity contribution < 1.29 is 29.3 Å². The van der Waals surface area contributed by atoms with Crippen LogP contribution < -0.4 is 9.47 Å². The summed E-state index contributed by atoms with van der Waals surface area (Å²) < 4.78 is 11.4. The van der Waals surface area contributed by atoms with E-state index in [2.05, 4.69) is 0 Å². The zero-order valence-corrected chi connectivity index (χ0v) is 15.3. The van der Waals surface area contributed by atoms with Crippen molar-refractivity contribution in [3.8, 4) is 11.5 Å². The molecule has 0 spiro atoms. The van der Waals surface area contributed by atoms with Gasteiger partial charge in [-0.05, 0) is 81.1 Å². The highest BCUT2D eigenvalue weighted by atomic mass is 16.5. The molecule has 0 heterocycles. The van der Waals surface area contributed by atoms with Gasteiger partial charge in [0, 0.05) is 0 Å². The fraction of sp³-hybridized carbons (Fsp3) is 0.333. The van der Waals surface area contributed by atoms with Crippen LogP contribution in [0.15, 0.2) is 48.5 Å². The summed E-state index contributed by atoms with van der Waals surface area (Å²) in [5.41, 5.74) is 0.488. The summed E-state index contributed by atoms with van der Waals surface area (Å²) in [7, 11) is 0. The number of carbonyl (C=O) groups is 2. The Morgan fingerprint density at radius 3 is 1.85 bits per heavy atom. The Hall–Kier alpha value is -3.02. The second-order valence-electron chi connectivity index (χ2n) is 6.29. The Morgan fingerprint density at radius 1 is 0.815 bits per heavy atom. The monoisotopic (exact) mass is 372 g/mol. The predicted octanol–water partition coefficient (Wildman–Crippen LogP) is 4.49. The lowest BCUT2D eigenvalue weighted by Crippen LogP contribution is -2.11. The highest BCUT2D eigenvalue weighted by Crippen LogP contribution is 2.17. The van der Waals surface area contributed by atoms with E-state index in [9.17, 15) is 9.59 Å². The second kappa shape index (κ2) is 10.2. The van der Waals surface area contributed by atoms with E-state index in [4.69, 9.17) is 19.7 Å². The number of rotatable bonds is 11. The van der Waals surface area contributed by atoms with Crippen LogP contribution in [-0.2, 0) is 0 Å². The summed E-state index contributed by atoms with van der Waals surface area (Å²) >= 11 is 0. The number of carboxylic acids is 2. The van der Waals surface area contributed by atoms with Gasteiger partial charge in [-0.3, -0.25) is 0 Å². The molecule has 0 saturated heterocycles. The fourth-order valence-corrected chi connectivity index (χ4v) is 2.56. The van der Waals surface area contributed by atoms with Gasteiger partial charge in [0.05, 0.1) is 23.8 Å². The van der Waals surface area contributed by atoms with Crippen molar-refractivity contribution >= 4 is 11.9 Å². The van der Waals surface area contributed by atoms with Crippen molar-refractivity contribution in [2.45, 2.75) is 38.7 Å². The van der Waals surface area contributed by atoms with Gasteiger partial charge in [0.25, 0.3) is 0 Å². The molecule has 0 radical (unpaired) electrons. The summed E-state index contributed by atoms with van der Waals surface area (Å²) in [4.78, 5) is 21.6. The molecule has 2 N–H and O–H groups in total. The first-order valence-corrected chi connectivity index (χ1v) is 8.92. The molecule has 0 aromatic heterocycles. The molecule has 2 rings (SSSR count). The maximum atomic E-state index is 10.8. The first-order valence-electron chi connectivity index (χ1n) is 8.92. The number of hydrogen-bond donors (Lipinski definition) is 2. The van der Waals surface area contributed by atoms with E-state index in [1.807, 2.05) is 6.92 Å². The average molecular weight is 372 g/mol. The lowest BCUT2D eigenvalue weighted by atomic mass is 10.1. The van der Waals surface area contributed by atoms with Crippen LogP contribution in [0, 0.1) is 0 Å². The molecule has 6 nitrogen and oxygen atoms in total. The molecule has 0 saturated carbocycles. The zero-order chi connectivity index (χ0) is 19.6. The SMILES string of the molecule is CC(CCCCCOc1ccc(C(=O)O)cc1)Oc1ccc(C(=O)O)cc1. The first-order chi connectivity index (χ1) is 13.0. The minimum absolute atomic E-state index is 0.0464. The quantitative estimate of drug-likeness (QED) is 0.565. The van der Waals surface area contributed by atoms with E-state index in [-0.39, 0.29) is 17.2 Å². The molecule has 0 aliphatic carbocycles. The second-order valence-corrected chi connectivity index (χ2v) is 6.29. The number of aromatic carboxylic acids is 2. The van der Waals surface area contributed by atoms with Gasteiger partial charge in [-0.2, -0.15) is 0 Å². The molecule has 2 aromatic carbocycles. The molecular weight excluding hydrogens is 348 g/mol. The lowest BCUT2D eigenvalue weighted by Gasteiger charge is -2.14. The molecule has 0 aliphatic rings. The Balaban J connectivity index is 1.59. The molecular formula is C21H24O6.